The second-order valence-electron chi connectivity index (χ2n) is 3.67. The van der Waals surface area contributed by atoms with Crippen molar-refractivity contribution >= 4 is 0 Å². The predicted molar refractivity (Wildman–Crippen MR) is 51.3 cm³/mol. The van der Waals surface area contributed by atoms with E-state index in [-0.39, 0.29) is 0 Å². The Morgan fingerprint density at radius 2 is 1.75 bits per heavy atom. The molecule has 0 aromatic rings. The van der Waals surface area contributed by atoms with Crippen molar-refractivity contribution < 1.29 is 4.74 Å². The first-order valence-electron chi connectivity index (χ1n) is 4.63. The largest absolute Gasteiger partial charge is 0.379 e. The van der Waals surface area contributed by atoms with E-state index in [1.807, 2.05) is 0 Å². The van der Waals surface area contributed by atoms with Crippen LogP contribution in [0.1, 0.15) is 20.8 Å². The van der Waals surface area contributed by atoms with Gasteiger partial charge in [-0.2, -0.15) is 0 Å². The lowest BCUT2D eigenvalue weighted by Crippen LogP contribution is -2.37. The summed E-state index contributed by atoms with van der Waals surface area (Å²) in [4.78, 5) is 2.45. The number of nitrogens with zero attached hydrogens (tertiary/aromatic N) is 1. The molecule has 70 valence electrons. The van der Waals surface area contributed by atoms with Crippen molar-refractivity contribution in [2.75, 3.05) is 32.8 Å². The maximum atomic E-state index is 5.28. The zero-order valence-electron chi connectivity index (χ0n) is 8.39. The molecular weight excluding hydrogens is 150 g/mol. The van der Waals surface area contributed by atoms with Gasteiger partial charge in [0.05, 0.1) is 13.2 Å². The number of rotatable bonds is 2. The van der Waals surface area contributed by atoms with Gasteiger partial charge in [0.1, 0.15) is 0 Å². The normalized spacial score (nSPS) is 19.2. The highest BCUT2D eigenvalue weighted by Crippen LogP contribution is 2.06. The fourth-order valence-electron chi connectivity index (χ4n) is 1.25. The summed E-state index contributed by atoms with van der Waals surface area (Å²) in [5.74, 6) is 0. The van der Waals surface area contributed by atoms with E-state index in [1.165, 1.54) is 11.1 Å². The second kappa shape index (κ2) is 4.63. The molecule has 1 saturated heterocycles. The second-order valence-corrected chi connectivity index (χ2v) is 3.67. The standard InChI is InChI=1S/C10H19NO/c1-9(2)10(3)8-11-4-6-12-7-5-11/h4-8H2,1-3H3. The smallest absolute Gasteiger partial charge is 0.0594 e. The van der Waals surface area contributed by atoms with E-state index < -0.39 is 0 Å². The van der Waals surface area contributed by atoms with Gasteiger partial charge in [0.15, 0.2) is 0 Å². The Labute approximate surface area is 75.2 Å². The van der Waals surface area contributed by atoms with Gasteiger partial charge in [-0.25, -0.2) is 0 Å². The molecule has 0 bridgehead atoms. The predicted octanol–water partition coefficient (Wildman–Crippen LogP) is 1.67. The first-order valence-corrected chi connectivity index (χ1v) is 4.63. The minimum atomic E-state index is 0.899. The van der Waals surface area contributed by atoms with Crippen LogP contribution in [0.2, 0.25) is 0 Å². The molecule has 0 aliphatic carbocycles. The third-order valence-electron chi connectivity index (χ3n) is 2.42. The molecule has 0 amide bonds. The Morgan fingerprint density at radius 1 is 1.17 bits per heavy atom. The summed E-state index contributed by atoms with van der Waals surface area (Å²) < 4.78 is 5.28. The van der Waals surface area contributed by atoms with Crippen molar-refractivity contribution in [1.29, 1.82) is 0 Å². The molecule has 12 heavy (non-hydrogen) atoms. The Kier molecular flexibility index (Phi) is 3.76. The van der Waals surface area contributed by atoms with Crippen LogP contribution in [0.4, 0.5) is 0 Å². The molecule has 0 saturated carbocycles. The average Bonchev–Trinajstić information content (AvgIpc) is 2.06. The highest BCUT2D eigenvalue weighted by atomic mass is 16.5. The van der Waals surface area contributed by atoms with Gasteiger partial charge in [-0.05, 0) is 20.8 Å². The molecule has 0 unspecified atom stereocenters. The van der Waals surface area contributed by atoms with Crippen LogP contribution in [-0.2, 0) is 4.74 Å². The number of allylic oxidation sites excluding steroid dienone is 1. The molecule has 0 radical (unpaired) electrons. The van der Waals surface area contributed by atoms with Crippen molar-refractivity contribution in [3.8, 4) is 0 Å². The van der Waals surface area contributed by atoms with Crippen molar-refractivity contribution in [2.24, 2.45) is 0 Å². The van der Waals surface area contributed by atoms with Gasteiger partial charge < -0.3 is 4.74 Å². The zero-order valence-corrected chi connectivity index (χ0v) is 8.39. The summed E-state index contributed by atoms with van der Waals surface area (Å²) in [6, 6.07) is 0. The molecule has 1 rings (SSSR count). The highest BCUT2D eigenvalue weighted by Gasteiger charge is 2.10. The average molecular weight is 169 g/mol. The molecule has 1 aliphatic heterocycles. The van der Waals surface area contributed by atoms with E-state index in [4.69, 9.17) is 4.74 Å². The van der Waals surface area contributed by atoms with Crippen molar-refractivity contribution in [3.05, 3.63) is 11.1 Å². The maximum Gasteiger partial charge on any atom is 0.0594 e. The lowest BCUT2D eigenvalue weighted by molar-refractivity contribution is 0.0422. The molecule has 2 nitrogen and oxygen atoms in total. The van der Waals surface area contributed by atoms with Crippen LogP contribution in [0, 0.1) is 0 Å². The Hall–Kier alpha value is -0.340. The van der Waals surface area contributed by atoms with E-state index in [9.17, 15) is 0 Å². The Morgan fingerprint density at radius 3 is 2.25 bits per heavy atom. The lowest BCUT2D eigenvalue weighted by atomic mass is 10.1. The molecule has 1 heterocycles. The van der Waals surface area contributed by atoms with Gasteiger partial charge in [-0.3, -0.25) is 4.90 Å². The first kappa shape index (κ1) is 9.75. The first-order chi connectivity index (χ1) is 5.70. The number of ether oxygens (including phenoxy) is 1. The molecule has 0 N–H and O–H groups in total. The van der Waals surface area contributed by atoms with Crippen LogP contribution in [0.3, 0.4) is 0 Å². The van der Waals surface area contributed by atoms with Crippen molar-refractivity contribution in [3.63, 3.8) is 0 Å². The van der Waals surface area contributed by atoms with Gasteiger partial charge >= 0.3 is 0 Å². The summed E-state index contributed by atoms with van der Waals surface area (Å²) in [6.45, 7) is 11.7. The fourth-order valence-corrected chi connectivity index (χ4v) is 1.25. The van der Waals surface area contributed by atoms with Crippen LogP contribution in [0.5, 0.6) is 0 Å². The SMILES string of the molecule is CC(C)=C(C)CN1CCOCC1. The highest BCUT2D eigenvalue weighted by molar-refractivity contribution is 5.08. The van der Waals surface area contributed by atoms with Crippen molar-refractivity contribution in [2.45, 2.75) is 20.8 Å². The molecule has 1 fully saturated rings. The number of morpholine rings is 1. The van der Waals surface area contributed by atoms with Crippen molar-refractivity contribution in [1.82, 2.24) is 4.90 Å². The van der Waals surface area contributed by atoms with Crippen LogP contribution in [0.25, 0.3) is 0 Å². The van der Waals surface area contributed by atoms with Gasteiger partial charge in [-0.1, -0.05) is 11.1 Å². The van der Waals surface area contributed by atoms with Gasteiger partial charge in [0, 0.05) is 19.6 Å². The molecular formula is C10H19NO. The molecule has 1 aliphatic rings. The van der Waals surface area contributed by atoms with E-state index in [0.29, 0.717) is 0 Å². The Bertz CT molecular complexity index is 165. The van der Waals surface area contributed by atoms with Crippen LogP contribution in [-0.4, -0.2) is 37.7 Å². The zero-order chi connectivity index (χ0) is 8.97. The Balaban J connectivity index is 2.34. The van der Waals surface area contributed by atoms with Gasteiger partial charge in [0.2, 0.25) is 0 Å². The van der Waals surface area contributed by atoms with Gasteiger partial charge in [0.25, 0.3) is 0 Å². The number of hydrogen-bond donors (Lipinski definition) is 0. The lowest BCUT2D eigenvalue weighted by Gasteiger charge is -2.27. The van der Waals surface area contributed by atoms with Crippen LogP contribution in [0.15, 0.2) is 11.1 Å². The number of hydrogen-bond acceptors (Lipinski definition) is 2. The molecule has 2 heteroatoms. The summed E-state index contributed by atoms with van der Waals surface area (Å²) in [5, 5.41) is 0. The summed E-state index contributed by atoms with van der Waals surface area (Å²) in [7, 11) is 0. The van der Waals surface area contributed by atoms with Crippen LogP contribution >= 0.6 is 0 Å². The molecule has 0 aromatic heterocycles. The topological polar surface area (TPSA) is 12.5 Å². The molecule has 0 aromatic carbocycles. The maximum absolute atomic E-state index is 5.28. The van der Waals surface area contributed by atoms with E-state index in [2.05, 4.69) is 25.7 Å². The monoisotopic (exact) mass is 169 g/mol. The molecule has 0 spiro atoms. The van der Waals surface area contributed by atoms with E-state index in [0.717, 1.165) is 32.8 Å². The molecule has 0 atom stereocenters. The third kappa shape index (κ3) is 2.95. The quantitative estimate of drug-likeness (QED) is 0.583. The summed E-state index contributed by atoms with van der Waals surface area (Å²) in [6.07, 6.45) is 0. The van der Waals surface area contributed by atoms with E-state index >= 15 is 0 Å². The minimum Gasteiger partial charge on any atom is -0.379 e. The van der Waals surface area contributed by atoms with Gasteiger partial charge in [-0.15, -0.1) is 0 Å². The third-order valence-corrected chi connectivity index (χ3v) is 2.42. The van der Waals surface area contributed by atoms with Crippen LogP contribution < -0.4 is 0 Å². The fraction of sp³-hybridized carbons (Fsp3) is 0.800. The minimum absolute atomic E-state index is 0.899. The van der Waals surface area contributed by atoms with E-state index in [1.54, 1.807) is 0 Å². The summed E-state index contributed by atoms with van der Waals surface area (Å²) in [5.41, 5.74) is 2.94. The summed E-state index contributed by atoms with van der Waals surface area (Å²) >= 11 is 0.